The van der Waals surface area contributed by atoms with E-state index in [1.165, 1.54) is 0 Å². The molecule has 4 aromatic rings. The Hall–Kier alpha value is -3.38. The van der Waals surface area contributed by atoms with E-state index in [1.807, 2.05) is 63.2 Å². The predicted molar refractivity (Wildman–Crippen MR) is 118 cm³/mol. The van der Waals surface area contributed by atoms with Gasteiger partial charge in [0.05, 0.1) is 4.90 Å². The molecule has 0 aliphatic carbocycles. The largest absolute Gasteiger partial charge is 0.419 e. The third-order valence-corrected chi connectivity index (χ3v) is 6.44. The smallest absolute Gasteiger partial charge is 0.238 e. The summed E-state index contributed by atoms with van der Waals surface area (Å²) in [6.45, 7) is 5.90. The van der Waals surface area contributed by atoms with Crippen molar-refractivity contribution in [3.05, 3.63) is 89.5 Å². The minimum atomic E-state index is -3.88. The number of hydrogen-bond acceptors (Lipinski definition) is 5. The first-order valence-corrected chi connectivity index (χ1v) is 11.1. The normalized spacial score (nSPS) is 11.4. The molecule has 1 aromatic heterocycles. The fourth-order valence-electron chi connectivity index (χ4n) is 3.38. The van der Waals surface area contributed by atoms with Gasteiger partial charge in [0.15, 0.2) is 0 Å². The van der Waals surface area contributed by atoms with Gasteiger partial charge in [-0.25, -0.2) is 8.42 Å². The fraction of sp³-hybridized carbons (Fsp3) is 0.125. The lowest BCUT2D eigenvalue weighted by Gasteiger charge is -2.08. The van der Waals surface area contributed by atoms with Gasteiger partial charge in [-0.15, -0.1) is 0 Å². The second-order valence-corrected chi connectivity index (χ2v) is 9.15. The molecule has 0 radical (unpaired) electrons. The van der Waals surface area contributed by atoms with Crippen molar-refractivity contribution in [2.75, 3.05) is 5.32 Å². The summed E-state index contributed by atoms with van der Waals surface area (Å²) in [5.41, 5.74) is 4.55. The highest BCUT2D eigenvalue weighted by molar-refractivity contribution is 7.91. The summed E-state index contributed by atoms with van der Waals surface area (Å²) in [5.74, 6) is 0.358. The Kier molecular flexibility index (Phi) is 5.18. The van der Waals surface area contributed by atoms with Crippen molar-refractivity contribution in [2.24, 2.45) is 0 Å². The van der Waals surface area contributed by atoms with E-state index in [0.29, 0.717) is 0 Å². The molecule has 30 heavy (non-hydrogen) atoms. The molecule has 5 nitrogen and oxygen atoms in total. The van der Waals surface area contributed by atoms with Gasteiger partial charge in [0.1, 0.15) is 0 Å². The third kappa shape index (κ3) is 3.86. The molecule has 0 bridgehead atoms. The van der Waals surface area contributed by atoms with E-state index in [1.54, 1.807) is 30.3 Å². The van der Waals surface area contributed by atoms with E-state index in [-0.39, 0.29) is 21.7 Å². The summed E-state index contributed by atoms with van der Waals surface area (Å²) in [6, 6.07) is 21.7. The molecule has 1 heterocycles. The van der Waals surface area contributed by atoms with E-state index in [4.69, 9.17) is 4.42 Å². The Morgan fingerprint density at radius 1 is 0.833 bits per heavy atom. The van der Waals surface area contributed by atoms with Gasteiger partial charge in [0.2, 0.25) is 26.6 Å². The van der Waals surface area contributed by atoms with E-state index in [0.717, 1.165) is 27.9 Å². The van der Waals surface area contributed by atoms with E-state index < -0.39 is 9.84 Å². The molecule has 3 aromatic carbocycles. The van der Waals surface area contributed by atoms with Crippen molar-refractivity contribution in [3.63, 3.8) is 0 Å². The van der Waals surface area contributed by atoms with Gasteiger partial charge in [-0.3, -0.25) is 0 Å². The Morgan fingerprint density at radius 2 is 1.47 bits per heavy atom. The monoisotopic (exact) mass is 418 g/mol. The molecule has 0 aliphatic rings. The Balaban J connectivity index is 1.88. The number of aromatic nitrogens is 1. The van der Waals surface area contributed by atoms with Crippen molar-refractivity contribution in [1.82, 2.24) is 4.98 Å². The predicted octanol–water partition coefficient (Wildman–Crippen LogP) is 5.84. The molecule has 0 saturated carbocycles. The number of nitrogens with one attached hydrogen (secondary N) is 1. The zero-order valence-corrected chi connectivity index (χ0v) is 17.8. The summed E-state index contributed by atoms with van der Waals surface area (Å²) in [6.07, 6.45) is 0. The molecule has 0 aliphatic heterocycles. The Morgan fingerprint density at radius 3 is 2.13 bits per heavy atom. The second-order valence-electron chi connectivity index (χ2n) is 7.29. The highest BCUT2D eigenvalue weighted by atomic mass is 32.2. The number of benzene rings is 3. The number of sulfone groups is 1. The van der Waals surface area contributed by atoms with Crippen molar-refractivity contribution in [3.8, 4) is 11.5 Å². The summed E-state index contributed by atoms with van der Waals surface area (Å²) < 4.78 is 32.7. The second kappa shape index (κ2) is 7.80. The first-order valence-electron chi connectivity index (χ1n) is 9.57. The zero-order chi connectivity index (χ0) is 21.3. The fourth-order valence-corrected chi connectivity index (χ4v) is 4.66. The molecule has 0 spiro atoms. The van der Waals surface area contributed by atoms with Crippen LogP contribution in [0.25, 0.3) is 11.5 Å². The molecule has 0 fully saturated rings. The van der Waals surface area contributed by atoms with Crippen LogP contribution in [0.3, 0.4) is 0 Å². The number of rotatable bonds is 5. The maximum absolute atomic E-state index is 13.3. The first kappa shape index (κ1) is 19.9. The van der Waals surface area contributed by atoms with Crippen LogP contribution in [0.2, 0.25) is 0 Å². The Bertz CT molecular complexity index is 1290. The van der Waals surface area contributed by atoms with Gasteiger partial charge in [-0.1, -0.05) is 42.5 Å². The van der Waals surface area contributed by atoms with E-state index in [2.05, 4.69) is 10.3 Å². The van der Waals surface area contributed by atoms with E-state index in [9.17, 15) is 8.42 Å². The van der Waals surface area contributed by atoms with Crippen LogP contribution < -0.4 is 5.32 Å². The molecular formula is C24H22N2O3S. The van der Waals surface area contributed by atoms with Crippen LogP contribution in [-0.2, 0) is 9.84 Å². The van der Waals surface area contributed by atoms with Crippen LogP contribution in [0.5, 0.6) is 0 Å². The van der Waals surface area contributed by atoms with Gasteiger partial charge >= 0.3 is 0 Å². The van der Waals surface area contributed by atoms with Gasteiger partial charge in [0.25, 0.3) is 0 Å². The van der Waals surface area contributed by atoms with Gasteiger partial charge in [-0.05, 0) is 67.8 Å². The van der Waals surface area contributed by atoms with Crippen LogP contribution in [0.4, 0.5) is 11.6 Å². The maximum Gasteiger partial charge on any atom is 0.238 e. The molecule has 0 amide bonds. The minimum absolute atomic E-state index is 0.0992. The summed E-state index contributed by atoms with van der Waals surface area (Å²) in [4.78, 5) is 4.58. The molecule has 1 N–H and O–H groups in total. The molecule has 0 saturated heterocycles. The molecule has 6 heteroatoms. The van der Waals surface area contributed by atoms with Crippen molar-refractivity contribution >= 4 is 21.4 Å². The average molecular weight is 419 g/mol. The van der Waals surface area contributed by atoms with Gasteiger partial charge in [0, 0.05) is 11.3 Å². The first-order chi connectivity index (χ1) is 14.3. The minimum Gasteiger partial charge on any atom is -0.419 e. The molecule has 4 rings (SSSR count). The number of nitrogens with zero attached hydrogens (tertiary/aromatic N) is 1. The molecule has 0 unspecified atom stereocenters. The van der Waals surface area contributed by atoms with Crippen LogP contribution in [0.15, 0.2) is 87.1 Å². The third-order valence-electron chi connectivity index (χ3n) is 4.76. The summed E-state index contributed by atoms with van der Waals surface area (Å²) in [5, 5.41) is 3.00. The van der Waals surface area contributed by atoms with Gasteiger partial charge < -0.3 is 9.73 Å². The zero-order valence-electron chi connectivity index (χ0n) is 17.0. The number of oxazole rings is 1. The van der Waals surface area contributed by atoms with E-state index >= 15 is 0 Å². The number of hydrogen-bond donors (Lipinski definition) is 1. The van der Waals surface area contributed by atoms with Gasteiger partial charge in [-0.2, -0.15) is 4.98 Å². The Labute approximate surface area is 176 Å². The summed E-state index contributed by atoms with van der Waals surface area (Å²) >= 11 is 0. The summed E-state index contributed by atoms with van der Waals surface area (Å²) in [7, 11) is -3.88. The highest BCUT2D eigenvalue weighted by Crippen LogP contribution is 2.35. The van der Waals surface area contributed by atoms with Crippen LogP contribution >= 0.6 is 0 Å². The highest BCUT2D eigenvalue weighted by Gasteiger charge is 2.29. The quantitative estimate of drug-likeness (QED) is 0.441. The molecule has 0 atom stereocenters. The SMILES string of the molecule is Cc1cc(C)cc(Nc2oc(-c3ccccc3C)nc2S(=O)(=O)c2ccccc2)c1. The van der Waals surface area contributed by atoms with Crippen molar-refractivity contribution < 1.29 is 12.8 Å². The lowest BCUT2D eigenvalue weighted by molar-refractivity contribution is 0.581. The topological polar surface area (TPSA) is 72.2 Å². The maximum atomic E-state index is 13.3. The van der Waals surface area contributed by atoms with Crippen molar-refractivity contribution in [1.29, 1.82) is 0 Å². The lowest BCUT2D eigenvalue weighted by Crippen LogP contribution is -2.05. The molecule has 152 valence electrons. The van der Waals surface area contributed by atoms with Crippen molar-refractivity contribution in [2.45, 2.75) is 30.7 Å². The van der Waals surface area contributed by atoms with Crippen LogP contribution in [-0.4, -0.2) is 13.4 Å². The lowest BCUT2D eigenvalue weighted by atomic mass is 10.1. The van der Waals surface area contributed by atoms with Crippen LogP contribution in [0, 0.1) is 20.8 Å². The number of aryl methyl sites for hydroxylation is 3. The average Bonchev–Trinajstić information content (AvgIpc) is 3.12. The standard InChI is InChI=1S/C24H22N2O3S/c1-16-13-17(2)15-19(14-16)25-23-24(30(27,28)20-10-5-4-6-11-20)26-22(29-23)21-12-8-7-9-18(21)3/h4-15,25H,1-3H3. The number of anilines is 2. The van der Waals surface area contributed by atoms with Crippen LogP contribution in [0.1, 0.15) is 16.7 Å². The molecular weight excluding hydrogens is 396 g/mol.